The number of aryl methyl sites for hydroxylation is 1. The fourth-order valence-corrected chi connectivity index (χ4v) is 4.37. The van der Waals surface area contributed by atoms with Crippen molar-refractivity contribution >= 4 is 10.0 Å². The number of hydrogen-bond acceptors (Lipinski definition) is 4. The summed E-state index contributed by atoms with van der Waals surface area (Å²) < 4.78 is 28.1. The molecule has 21 heavy (non-hydrogen) atoms. The smallest absolute Gasteiger partial charge is 0.214 e. The van der Waals surface area contributed by atoms with E-state index in [1.165, 1.54) is 0 Å². The van der Waals surface area contributed by atoms with Gasteiger partial charge in [-0.3, -0.25) is 0 Å². The van der Waals surface area contributed by atoms with Gasteiger partial charge in [0.25, 0.3) is 0 Å². The average Bonchev–Trinajstić information content (AvgIpc) is 2.85. The van der Waals surface area contributed by atoms with E-state index < -0.39 is 10.0 Å². The number of nitriles is 1. The van der Waals surface area contributed by atoms with Crippen LogP contribution in [0.25, 0.3) is 0 Å². The summed E-state index contributed by atoms with van der Waals surface area (Å²) in [5.74, 6) is 1.41. The molecule has 0 aliphatic carbocycles. The van der Waals surface area contributed by atoms with Gasteiger partial charge in [0.2, 0.25) is 10.0 Å². The van der Waals surface area contributed by atoms with E-state index in [2.05, 4.69) is 4.98 Å². The highest BCUT2D eigenvalue weighted by Gasteiger charge is 2.29. The molecule has 1 aliphatic heterocycles. The lowest BCUT2D eigenvalue weighted by Crippen LogP contribution is -2.41. The van der Waals surface area contributed by atoms with Crippen LogP contribution in [0, 0.1) is 17.2 Å². The molecule has 1 aliphatic rings. The van der Waals surface area contributed by atoms with E-state index in [9.17, 15) is 8.42 Å². The van der Waals surface area contributed by atoms with Gasteiger partial charge in [-0.2, -0.15) is 5.26 Å². The Bertz CT molecular complexity index is 603. The fourth-order valence-electron chi connectivity index (χ4n) is 2.76. The van der Waals surface area contributed by atoms with Crippen LogP contribution in [0.3, 0.4) is 0 Å². The minimum Gasteiger partial charge on any atom is -0.338 e. The number of imidazole rings is 1. The first-order chi connectivity index (χ1) is 10.0. The van der Waals surface area contributed by atoms with Crippen molar-refractivity contribution in [2.75, 3.05) is 18.8 Å². The Hall–Kier alpha value is -1.39. The summed E-state index contributed by atoms with van der Waals surface area (Å²) in [6.45, 7) is 1.17. The molecule has 1 saturated heterocycles. The normalized spacial score (nSPS) is 20.3. The maximum Gasteiger partial charge on any atom is 0.214 e. The highest BCUT2D eigenvalue weighted by Crippen LogP contribution is 2.22. The molecule has 6 nitrogen and oxygen atoms in total. The summed E-state index contributed by atoms with van der Waals surface area (Å²) >= 11 is 0. The van der Waals surface area contributed by atoms with Gasteiger partial charge in [-0.05, 0) is 25.2 Å². The van der Waals surface area contributed by atoms with Crippen LogP contribution in [-0.4, -0.2) is 41.1 Å². The molecule has 0 spiro atoms. The van der Waals surface area contributed by atoms with Crippen molar-refractivity contribution in [3.8, 4) is 6.07 Å². The molecule has 0 bridgehead atoms. The lowest BCUT2D eigenvalue weighted by atomic mass is 9.96. The molecule has 0 amide bonds. The minimum atomic E-state index is -3.22. The van der Waals surface area contributed by atoms with Crippen molar-refractivity contribution in [1.29, 1.82) is 5.26 Å². The summed E-state index contributed by atoms with van der Waals surface area (Å²) in [7, 11) is -1.26. The third-order valence-corrected chi connectivity index (χ3v) is 5.88. The third-order valence-electron chi connectivity index (χ3n) is 3.96. The van der Waals surface area contributed by atoms with Crippen molar-refractivity contribution in [2.24, 2.45) is 13.0 Å². The lowest BCUT2D eigenvalue weighted by Gasteiger charge is -2.31. The van der Waals surface area contributed by atoms with Crippen LogP contribution < -0.4 is 0 Å². The highest BCUT2D eigenvalue weighted by atomic mass is 32.2. The van der Waals surface area contributed by atoms with E-state index in [0.717, 1.165) is 25.1 Å². The zero-order chi connectivity index (χ0) is 15.3. The largest absolute Gasteiger partial charge is 0.338 e. The van der Waals surface area contributed by atoms with Crippen LogP contribution in [-0.2, 0) is 23.5 Å². The van der Waals surface area contributed by atoms with Crippen LogP contribution in [0.1, 0.15) is 31.5 Å². The fraction of sp³-hybridized carbons (Fsp3) is 0.714. The SMILES string of the molecule is Cn1ccnc1CC1CCCN(S(=O)(=O)CCCC#N)C1. The number of unbranched alkanes of at least 4 members (excludes halogenated alkanes) is 1. The summed E-state index contributed by atoms with van der Waals surface area (Å²) in [4.78, 5) is 4.32. The molecule has 7 heteroatoms. The topological polar surface area (TPSA) is 79.0 Å². The quantitative estimate of drug-likeness (QED) is 0.742. The maximum absolute atomic E-state index is 12.3. The van der Waals surface area contributed by atoms with Crippen molar-refractivity contribution in [1.82, 2.24) is 13.9 Å². The molecule has 1 fully saturated rings. The standard InChI is InChI=1S/C14H22N4O2S/c1-17-9-7-16-14(17)11-13-5-4-8-18(12-13)21(19,20)10-3-2-6-15/h7,9,13H,2-5,8,10-12H2,1H3. The molecular formula is C14H22N4O2S. The number of hydrogen-bond donors (Lipinski definition) is 0. The lowest BCUT2D eigenvalue weighted by molar-refractivity contribution is 0.262. The van der Waals surface area contributed by atoms with Crippen LogP contribution in [0.5, 0.6) is 0 Å². The number of aromatic nitrogens is 2. The Morgan fingerprint density at radius 1 is 1.52 bits per heavy atom. The first-order valence-electron chi connectivity index (χ1n) is 7.34. The van der Waals surface area contributed by atoms with Crippen molar-refractivity contribution in [3.05, 3.63) is 18.2 Å². The Kier molecular flexibility index (Phi) is 5.37. The zero-order valence-electron chi connectivity index (χ0n) is 12.4. The summed E-state index contributed by atoms with van der Waals surface area (Å²) in [6.07, 6.45) is 7.14. The molecule has 2 rings (SSSR count). The number of rotatable bonds is 6. The summed E-state index contributed by atoms with van der Waals surface area (Å²) in [5.41, 5.74) is 0. The molecule has 0 aromatic carbocycles. The Morgan fingerprint density at radius 3 is 3.00 bits per heavy atom. The second-order valence-electron chi connectivity index (χ2n) is 5.60. The van der Waals surface area contributed by atoms with Gasteiger partial charge in [0.05, 0.1) is 11.8 Å². The molecule has 0 N–H and O–H groups in total. The van der Waals surface area contributed by atoms with Crippen LogP contribution in [0.4, 0.5) is 0 Å². The highest BCUT2D eigenvalue weighted by molar-refractivity contribution is 7.89. The molecule has 1 atom stereocenters. The molecule has 1 unspecified atom stereocenters. The van der Waals surface area contributed by atoms with Gasteiger partial charge in [0.1, 0.15) is 5.82 Å². The predicted molar refractivity (Wildman–Crippen MR) is 79.8 cm³/mol. The minimum absolute atomic E-state index is 0.0791. The van der Waals surface area contributed by atoms with Gasteiger partial charge >= 0.3 is 0 Å². The molecule has 116 valence electrons. The summed E-state index contributed by atoms with van der Waals surface area (Å²) in [5, 5.41) is 8.52. The van der Waals surface area contributed by atoms with Gasteiger partial charge in [-0.25, -0.2) is 17.7 Å². The molecule has 0 radical (unpaired) electrons. The van der Waals surface area contributed by atoms with Gasteiger partial charge in [-0.1, -0.05) is 0 Å². The van der Waals surface area contributed by atoms with E-state index in [-0.39, 0.29) is 5.75 Å². The Labute approximate surface area is 126 Å². The molecule has 1 aromatic heterocycles. The Morgan fingerprint density at radius 2 is 2.33 bits per heavy atom. The number of nitrogens with zero attached hydrogens (tertiary/aromatic N) is 4. The predicted octanol–water partition coefficient (Wildman–Crippen LogP) is 1.31. The van der Waals surface area contributed by atoms with Gasteiger partial charge < -0.3 is 4.57 Å². The molecule has 2 heterocycles. The van der Waals surface area contributed by atoms with E-state index >= 15 is 0 Å². The molecule has 1 aromatic rings. The molecular weight excluding hydrogens is 288 g/mol. The first-order valence-corrected chi connectivity index (χ1v) is 8.95. The van der Waals surface area contributed by atoms with Crippen molar-refractivity contribution < 1.29 is 8.42 Å². The van der Waals surface area contributed by atoms with Crippen LogP contribution in [0.15, 0.2) is 12.4 Å². The average molecular weight is 310 g/mol. The third kappa shape index (κ3) is 4.29. The number of sulfonamides is 1. The van der Waals surface area contributed by atoms with Crippen molar-refractivity contribution in [3.63, 3.8) is 0 Å². The summed E-state index contributed by atoms with van der Waals surface area (Å²) in [6, 6.07) is 1.99. The first kappa shape index (κ1) is 16.0. The monoisotopic (exact) mass is 310 g/mol. The zero-order valence-corrected chi connectivity index (χ0v) is 13.2. The van der Waals surface area contributed by atoms with E-state index in [1.807, 2.05) is 23.9 Å². The van der Waals surface area contributed by atoms with E-state index in [4.69, 9.17) is 5.26 Å². The van der Waals surface area contributed by atoms with E-state index in [1.54, 1.807) is 10.5 Å². The molecule has 0 saturated carbocycles. The van der Waals surface area contributed by atoms with Crippen LogP contribution in [0.2, 0.25) is 0 Å². The van der Waals surface area contributed by atoms with Gasteiger partial charge in [0, 0.05) is 45.4 Å². The second-order valence-corrected chi connectivity index (χ2v) is 7.69. The van der Waals surface area contributed by atoms with Crippen molar-refractivity contribution in [2.45, 2.75) is 32.1 Å². The number of piperidine rings is 1. The maximum atomic E-state index is 12.3. The van der Waals surface area contributed by atoms with Gasteiger partial charge in [0.15, 0.2) is 0 Å². The Balaban J connectivity index is 1.94. The van der Waals surface area contributed by atoms with Gasteiger partial charge in [-0.15, -0.1) is 0 Å². The van der Waals surface area contributed by atoms with Crippen LogP contribution >= 0.6 is 0 Å². The second kappa shape index (κ2) is 7.05. The van der Waals surface area contributed by atoms with E-state index in [0.29, 0.717) is 31.8 Å².